The Morgan fingerprint density at radius 3 is 1.05 bits per heavy atom. The Hall–Kier alpha value is -4.50. The van der Waals surface area contributed by atoms with Crippen molar-refractivity contribution in [2.45, 2.75) is 252 Å². The number of unbranched alkanes of at least 4 members (excludes halogenated alkanes) is 20. The first-order chi connectivity index (χ1) is 35.5. The fraction of sp³-hybridized carbons (Fsp3) is 0.825. The Balaban J connectivity index is 2.09. The molecule has 1 aromatic rings. The summed E-state index contributed by atoms with van der Waals surface area (Å²) in [6, 6.07) is -1.59. The van der Waals surface area contributed by atoms with Crippen LogP contribution in [0.4, 0.5) is 4.79 Å². The number of hydrogen-bond donors (Lipinski definition) is 0. The molecule has 0 bridgehead atoms. The number of piperidine rings is 1. The Labute approximate surface area is 438 Å². The second kappa shape index (κ2) is 42.8. The lowest BCUT2D eigenvalue weighted by Crippen LogP contribution is -2.55. The summed E-state index contributed by atoms with van der Waals surface area (Å²) in [7, 11) is 0. The molecule has 1 saturated heterocycles. The first-order valence-corrected chi connectivity index (χ1v) is 28.7. The van der Waals surface area contributed by atoms with Gasteiger partial charge in [0.15, 0.2) is 0 Å². The number of hydrogen-bond acceptors (Lipinski definition) is 14. The summed E-state index contributed by atoms with van der Waals surface area (Å²) in [5, 5.41) is 0. The Morgan fingerprint density at radius 2 is 0.753 bits per heavy atom. The average molecular weight is 1030 g/mol. The van der Waals surface area contributed by atoms with Crippen molar-refractivity contribution in [2.24, 2.45) is 11.8 Å². The predicted molar refractivity (Wildman–Crippen MR) is 280 cm³/mol. The number of likely N-dealkylation sites (tertiary alicyclic amines) is 1. The minimum absolute atomic E-state index is 0.111. The summed E-state index contributed by atoms with van der Waals surface area (Å²) in [4.78, 5) is 97.5. The molecule has 0 aliphatic carbocycles. The van der Waals surface area contributed by atoms with Crippen molar-refractivity contribution in [3.63, 3.8) is 0 Å². The van der Waals surface area contributed by atoms with E-state index in [1.807, 2.05) is 0 Å². The van der Waals surface area contributed by atoms with Gasteiger partial charge in [-0.05, 0) is 44.9 Å². The maximum Gasteiger partial charge on any atom is 0.330 e. The smallest absolute Gasteiger partial charge is 0.330 e. The third kappa shape index (κ3) is 32.4. The second-order valence-electron chi connectivity index (χ2n) is 20.2. The van der Waals surface area contributed by atoms with E-state index in [2.05, 4.69) is 32.7 Å². The standard InChI is InChI=1S/C57H97N3O13/c1-5-9-13-17-21-25-32-51(61)68-40-47(41-69-52(62)33-26-22-18-14-10-6-2)38-55(65)72-44-49-30-29-31-50(60(49)57(67)59-37-36-58-46-59)45-73-56(66)39-48(42-70-53(63)34-27-23-19-15-11-7-3)43-71-54(64)35-28-24-20-16-12-8-4/h36-37,46-50H,5-35,38-45H2,1-4H3/t49-,50-/m0/s1. The number of rotatable bonds is 44. The van der Waals surface area contributed by atoms with Crippen LogP contribution < -0.4 is 0 Å². The summed E-state index contributed by atoms with van der Waals surface area (Å²) in [5.41, 5.74) is 0. The van der Waals surface area contributed by atoms with Crippen molar-refractivity contribution in [1.29, 1.82) is 0 Å². The summed E-state index contributed by atoms with van der Waals surface area (Å²) in [6.45, 7) is 7.88. The van der Waals surface area contributed by atoms with E-state index < -0.39 is 41.9 Å². The van der Waals surface area contributed by atoms with E-state index >= 15 is 0 Å². The molecular formula is C57H97N3O13. The number of nitrogens with zero attached hydrogens (tertiary/aromatic N) is 3. The third-order valence-corrected chi connectivity index (χ3v) is 13.4. The molecule has 2 heterocycles. The van der Waals surface area contributed by atoms with Crippen molar-refractivity contribution < 1.29 is 62.0 Å². The van der Waals surface area contributed by atoms with E-state index in [-0.39, 0.29) is 102 Å². The lowest BCUT2D eigenvalue weighted by Gasteiger charge is -2.41. The molecule has 0 saturated carbocycles. The van der Waals surface area contributed by atoms with Crippen LogP contribution in [0.1, 0.15) is 240 Å². The first kappa shape index (κ1) is 64.6. The highest BCUT2D eigenvalue weighted by molar-refractivity contribution is 5.78. The molecule has 73 heavy (non-hydrogen) atoms. The zero-order valence-corrected chi connectivity index (χ0v) is 45.8. The molecule has 16 nitrogen and oxygen atoms in total. The molecule has 1 amide bonds. The molecule has 0 spiro atoms. The largest absolute Gasteiger partial charge is 0.465 e. The van der Waals surface area contributed by atoms with Crippen LogP contribution in [-0.4, -0.2) is 108 Å². The topological polar surface area (TPSA) is 196 Å². The van der Waals surface area contributed by atoms with Crippen LogP contribution in [0.5, 0.6) is 0 Å². The Bertz CT molecular complexity index is 1480. The zero-order chi connectivity index (χ0) is 53.2. The third-order valence-electron chi connectivity index (χ3n) is 13.4. The molecule has 0 aromatic carbocycles. The van der Waals surface area contributed by atoms with Crippen LogP contribution in [0.3, 0.4) is 0 Å². The molecule has 0 N–H and O–H groups in total. The summed E-state index contributed by atoms with van der Waals surface area (Å²) in [5.74, 6) is -3.92. The lowest BCUT2D eigenvalue weighted by atomic mass is 9.96. The van der Waals surface area contributed by atoms with Crippen LogP contribution in [-0.2, 0) is 57.2 Å². The SMILES string of the molecule is CCCCCCCCC(=O)OCC(COC(=O)CCCCCCCC)CC(=O)OC[C@@H]1CCC[C@@H](COC(=O)CC(COC(=O)CCCCCCCC)COC(=O)CCCCCCCC)N1C(=O)n1ccnc1. The van der Waals surface area contributed by atoms with Crippen molar-refractivity contribution >= 4 is 41.8 Å². The van der Waals surface area contributed by atoms with Gasteiger partial charge in [0.2, 0.25) is 0 Å². The summed E-state index contributed by atoms with van der Waals surface area (Å²) in [6.07, 6.45) is 31.3. The van der Waals surface area contributed by atoms with Gasteiger partial charge in [-0.1, -0.05) is 156 Å². The number of aromatic nitrogens is 2. The molecule has 16 heteroatoms. The van der Waals surface area contributed by atoms with Crippen molar-refractivity contribution in [3.8, 4) is 0 Å². The highest BCUT2D eigenvalue weighted by Crippen LogP contribution is 2.26. The maximum atomic E-state index is 14.1. The highest BCUT2D eigenvalue weighted by Gasteiger charge is 2.37. The fourth-order valence-electron chi connectivity index (χ4n) is 8.94. The van der Waals surface area contributed by atoms with Gasteiger partial charge in [0.05, 0.1) is 51.4 Å². The molecule has 1 aliphatic rings. The quantitative estimate of drug-likeness (QED) is 0.0340. The Morgan fingerprint density at radius 1 is 0.438 bits per heavy atom. The minimum Gasteiger partial charge on any atom is -0.465 e. The molecule has 0 radical (unpaired) electrons. The molecular weight excluding hydrogens is 935 g/mol. The van der Waals surface area contributed by atoms with Crippen LogP contribution in [0.15, 0.2) is 18.7 Å². The number of amides is 1. The van der Waals surface area contributed by atoms with Gasteiger partial charge >= 0.3 is 41.8 Å². The molecule has 418 valence electrons. The van der Waals surface area contributed by atoms with Crippen molar-refractivity contribution in [2.75, 3.05) is 39.6 Å². The van der Waals surface area contributed by atoms with Crippen molar-refractivity contribution in [3.05, 3.63) is 18.7 Å². The van der Waals surface area contributed by atoms with Gasteiger partial charge in [-0.2, -0.15) is 0 Å². The van der Waals surface area contributed by atoms with Gasteiger partial charge in [0.1, 0.15) is 19.5 Å². The maximum absolute atomic E-state index is 14.1. The monoisotopic (exact) mass is 1030 g/mol. The summed E-state index contributed by atoms with van der Waals surface area (Å²) < 4.78 is 35.3. The van der Waals surface area contributed by atoms with Gasteiger partial charge < -0.3 is 33.3 Å². The van der Waals surface area contributed by atoms with Crippen LogP contribution in [0, 0.1) is 11.8 Å². The number of carbonyl (C=O) groups is 7. The van der Waals surface area contributed by atoms with Crippen LogP contribution >= 0.6 is 0 Å². The highest BCUT2D eigenvalue weighted by atomic mass is 16.6. The summed E-state index contributed by atoms with van der Waals surface area (Å²) >= 11 is 0. The minimum atomic E-state index is -0.631. The molecule has 1 aromatic heterocycles. The zero-order valence-electron chi connectivity index (χ0n) is 45.8. The van der Waals surface area contributed by atoms with Crippen LogP contribution in [0.2, 0.25) is 0 Å². The van der Waals surface area contributed by atoms with Gasteiger partial charge in [0.25, 0.3) is 0 Å². The number of esters is 6. The number of carbonyl (C=O) groups excluding carboxylic acids is 7. The molecule has 1 aliphatic heterocycles. The van der Waals surface area contributed by atoms with E-state index in [4.69, 9.17) is 28.4 Å². The van der Waals surface area contributed by atoms with Gasteiger partial charge in [-0.3, -0.25) is 33.3 Å². The first-order valence-electron chi connectivity index (χ1n) is 28.7. The van der Waals surface area contributed by atoms with E-state index in [1.165, 1.54) is 49.0 Å². The van der Waals surface area contributed by atoms with E-state index in [0.29, 0.717) is 44.9 Å². The molecule has 0 unspecified atom stereocenters. The Kier molecular flexibility index (Phi) is 37.9. The van der Waals surface area contributed by atoms with Crippen LogP contribution in [0.25, 0.3) is 0 Å². The van der Waals surface area contributed by atoms with E-state index in [0.717, 1.165) is 103 Å². The van der Waals surface area contributed by atoms with Gasteiger partial charge in [0, 0.05) is 49.9 Å². The lowest BCUT2D eigenvalue weighted by molar-refractivity contribution is -0.156. The molecule has 1 fully saturated rings. The number of ether oxygens (including phenoxy) is 6. The average Bonchev–Trinajstić information content (AvgIpc) is 3.94. The van der Waals surface area contributed by atoms with Crippen molar-refractivity contribution in [1.82, 2.24) is 14.5 Å². The predicted octanol–water partition coefficient (Wildman–Crippen LogP) is 12.3. The fourth-order valence-corrected chi connectivity index (χ4v) is 8.94. The van der Waals surface area contributed by atoms with E-state index in [1.54, 1.807) is 4.90 Å². The molecule has 2 atom stereocenters. The number of imidazole rings is 1. The van der Waals surface area contributed by atoms with Gasteiger partial charge in [-0.25, -0.2) is 9.78 Å². The van der Waals surface area contributed by atoms with E-state index in [9.17, 15) is 33.6 Å². The normalized spacial score (nSPS) is 14.5. The molecule has 2 rings (SSSR count). The van der Waals surface area contributed by atoms with Gasteiger partial charge in [-0.15, -0.1) is 0 Å². The second-order valence-corrected chi connectivity index (χ2v) is 20.2.